The smallest absolute Gasteiger partial charge is 0.252 e. The summed E-state index contributed by atoms with van der Waals surface area (Å²) in [5.41, 5.74) is 8.48. The Bertz CT molecular complexity index is 1180. The van der Waals surface area contributed by atoms with Crippen LogP contribution in [0.25, 0.3) is 5.57 Å². The van der Waals surface area contributed by atoms with Crippen LogP contribution in [0.4, 0.5) is 0 Å². The predicted molar refractivity (Wildman–Crippen MR) is 143 cm³/mol. The Labute approximate surface area is 205 Å². The highest BCUT2D eigenvalue weighted by molar-refractivity contribution is 14.2. The van der Waals surface area contributed by atoms with E-state index in [2.05, 4.69) is 25.4 Å². The summed E-state index contributed by atoms with van der Waals surface area (Å²) in [5.74, 6) is 0.395. The number of allylic oxidation sites excluding steroid dienone is 5. The summed E-state index contributed by atoms with van der Waals surface area (Å²) in [6.07, 6.45) is 9.16. The highest BCUT2D eigenvalue weighted by Gasteiger charge is 2.20. The minimum Gasteiger partial charge on any atom is -0.507 e. The summed E-state index contributed by atoms with van der Waals surface area (Å²) in [4.78, 5) is 16.3. The number of phenolic OH excluding ortho intramolecular Hbond substituents is 1. The molecule has 2 aliphatic rings. The van der Waals surface area contributed by atoms with E-state index in [4.69, 9.17) is 7.85 Å². The van der Waals surface area contributed by atoms with Crippen LogP contribution in [0.2, 0.25) is 0 Å². The molecule has 33 heavy (non-hydrogen) atoms. The molecule has 1 aliphatic carbocycles. The van der Waals surface area contributed by atoms with E-state index in [1.54, 1.807) is 36.7 Å². The highest BCUT2D eigenvalue weighted by Crippen LogP contribution is 2.34. The SMILES string of the molecule is [B]C1=C2C=C=C(c3ccccc3O)/C=C(/NCCNC(=O)c3cccnc3)CC2CCI=C1. The fraction of sp³-hybridized carbons (Fsp3) is 0.231. The number of carbonyl (C=O) groups excluding carboxylic acids is 1. The molecule has 1 aliphatic heterocycles. The number of hydrogen-bond acceptors (Lipinski definition) is 4. The van der Waals surface area contributed by atoms with Crippen molar-refractivity contribution in [3.05, 3.63) is 94.5 Å². The summed E-state index contributed by atoms with van der Waals surface area (Å²) in [6.45, 7) is 1.06. The topological polar surface area (TPSA) is 74.2 Å². The van der Waals surface area contributed by atoms with Gasteiger partial charge in [-0.25, -0.2) is 0 Å². The van der Waals surface area contributed by atoms with Gasteiger partial charge in [-0.05, 0) is 63.1 Å². The Hall–Kier alpha value is -2.90. The van der Waals surface area contributed by atoms with Gasteiger partial charge in [0.05, 0.1) is 5.56 Å². The monoisotopic (exact) mass is 549 g/mol. The van der Waals surface area contributed by atoms with Gasteiger partial charge in [-0.15, -0.1) is 26.5 Å². The van der Waals surface area contributed by atoms with Crippen LogP contribution in [0.1, 0.15) is 28.8 Å². The van der Waals surface area contributed by atoms with Gasteiger partial charge >= 0.3 is 0 Å². The first-order valence-corrected chi connectivity index (χ1v) is 13.7. The van der Waals surface area contributed by atoms with Crippen LogP contribution in [-0.4, -0.2) is 45.4 Å². The lowest BCUT2D eigenvalue weighted by Gasteiger charge is -2.23. The third kappa shape index (κ3) is 6.12. The fourth-order valence-corrected chi connectivity index (χ4v) is 6.13. The van der Waals surface area contributed by atoms with E-state index >= 15 is 0 Å². The molecule has 166 valence electrons. The quantitative estimate of drug-likeness (QED) is 0.168. The first-order valence-electron chi connectivity index (χ1n) is 10.9. The minimum absolute atomic E-state index is 0.0248. The van der Waals surface area contributed by atoms with Gasteiger partial charge in [-0.2, -0.15) is 0 Å². The van der Waals surface area contributed by atoms with E-state index in [1.807, 2.05) is 24.3 Å². The summed E-state index contributed by atoms with van der Waals surface area (Å²) >= 11 is -0.0248. The molecule has 2 heterocycles. The highest BCUT2D eigenvalue weighted by atomic mass is 127. The molecule has 0 fully saturated rings. The first kappa shape index (κ1) is 23.3. The van der Waals surface area contributed by atoms with Crippen molar-refractivity contribution in [1.82, 2.24) is 15.6 Å². The zero-order valence-electron chi connectivity index (χ0n) is 18.2. The lowest BCUT2D eigenvalue weighted by Crippen LogP contribution is -2.32. The number of nitrogens with one attached hydrogen (secondary N) is 2. The number of nitrogens with zero attached hydrogens (tertiary/aromatic N) is 1. The Balaban J connectivity index is 1.54. The van der Waals surface area contributed by atoms with Gasteiger partial charge in [-0.1, -0.05) is 23.7 Å². The molecule has 3 N–H and O–H groups in total. The number of aromatic nitrogens is 1. The Kier molecular flexibility index (Phi) is 7.97. The normalized spacial score (nSPS) is 19.6. The van der Waals surface area contributed by atoms with Crippen molar-refractivity contribution in [3.8, 4) is 5.75 Å². The van der Waals surface area contributed by atoms with Crippen LogP contribution >= 0.6 is 20.7 Å². The Morgan fingerprint density at radius 1 is 1.24 bits per heavy atom. The van der Waals surface area contributed by atoms with Gasteiger partial charge in [0.25, 0.3) is 5.91 Å². The number of benzene rings is 1. The summed E-state index contributed by atoms with van der Waals surface area (Å²) in [6, 6.07) is 10.8. The predicted octanol–water partition coefficient (Wildman–Crippen LogP) is 3.85. The average molecular weight is 549 g/mol. The van der Waals surface area contributed by atoms with Crippen LogP contribution in [0.15, 0.2) is 83.4 Å². The largest absolute Gasteiger partial charge is 0.507 e. The van der Waals surface area contributed by atoms with Crippen LogP contribution in [-0.2, 0) is 0 Å². The van der Waals surface area contributed by atoms with Crippen molar-refractivity contribution in [2.75, 3.05) is 17.5 Å². The zero-order valence-corrected chi connectivity index (χ0v) is 20.4. The standard InChI is InChI=1S/C26H25BIN3O2/c27-24-16-28-10-9-19-15-21(30-12-13-31-26(33)20-4-3-11-29-17-20)14-18(7-8-22(19)24)23-5-1-2-6-25(23)32/h1-6,8,11,14,16-17,19,30,32H,9-10,12-13,15H2,(H,31,33)/b21-14+. The number of pyridine rings is 1. The number of para-hydroxylation sites is 1. The number of rotatable bonds is 6. The molecule has 1 atom stereocenters. The van der Waals surface area contributed by atoms with Crippen molar-refractivity contribution in [3.63, 3.8) is 0 Å². The maximum absolute atomic E-state index is 12.3. The molecule has 4 rings (SSSR count). The molecular weight excluding hydrogens is 524 g/mol. The summed E-state index contributed by atoms with van der Waals surface area (Å²) in [7, 11) is 6.41. The second kappa shape index (κ2) is 11.3. The van der Waals surface area contributed by atoms with E-state index in [-0.39, 0.29) is 32.4 Å². The van der Waals surface area contributed by atoms with Crippen molar-refractivity contribution in [2.24, 2.45) is 5.92 Å². The van der Waals surface area contributed by atoms with Crippen LogP contribution in [0.3, 0.4) is 0 Å². The van der Waals surface area contributed by atoms with Gasteiger partial charge < -0.3 is 15.7 Å². The van der Waals surface area contributed by atoms with E-state index in [0.717, 1.165) is 40.7 Å². The van der Waals surface area contributed by atoms with Crippen molar-refractivity contribution >= 4 is 44.1 Å². The number of alkyl halides is 1. The number of halogens is 1. The van der Waals surface area contributed by atoms with E-state index in [1.165, 1.54) is 4.43 Å². The lowest BCUT2D eigenvalue weighted by molar-refractivity contribution is 0.0953. The minimum atomic E-state index is -0.143. The van der Waals surface area contributed by atoms with E-state index < -0.39 is 0 Å². The maximum atomic E-state index is 12.3. The summed E-state index contributed by atoms with van der Waals surface area (Å²) in [5, 5.41) is 16.8. The average Bonchev–Trinajstić information content (AvgIpc) is 2.98. The molecule has 2 aromatic rings. The molecule has 0 bridgehead atoms. The zero-order chi connectivity index (χ0) is 23.0. The number of aromatic hydroxyl groups is 1. The van der Waals surface area contributed by atoms with Gasteiger partial charge in [-0.3, -0.25) is 9.78 Å². The molecule has 0 saturated heterocycles. The molecule has 1 aromatic carbocycles. The van der Waals surface area contributed by atoms with Crippen molar-refractivity contribution < 1.29 is 9.90 Å². The lowest BCUT2D eigenvalue weighted by atomic mass is 9.80. The molecule has 0 spiro atoms. The van der Waals surface area contributed by atoms with Crippen molar-refractivity contribution in [1.29, 1.82) is 0 Å². The van der Waals surface area contributed by atoms with Crippen molar-refractivity contribution in [2.45, 2.75) is 12.8 Å². The maximum Gasteiger partial charge on any atom is 0.252 e. The summed E-state index contributed by atoms with van der Waals surface area (Å²) < 4.78 is 3.41. The second-order valence-electron chi connectivity index (χ2n) is 7.87. The molecule has 1 amide bonds. The Morgan fingerprint density at radius 2 is 2.12 bits per heavy atom. The Morgan fingerprint density at radius 3 is 2.94 bits per heavy atom. The number of amides is 1. The third-order valence-corrected chi connectivity index (χ3v) is 7.94. The number of carbonyl (C=O) groups is 1. The number of phenols is 1. The molecular formula is C26H25BIN3O2. The van der Waals surface area contributed by atoms with Crippen LogP contribution in [0.5, 0.6) is 5.75 Å². The van der Waals surface area contributed by atoms with Crippen LogP contribution < -0.4 is 10.6 Å². The molecule has 2 radical (unpaired) electrons. The molecule has 7 heteroatoms. The van der Waals surface area contributed by atoms with E-state index in [0.29, 0.717) is 24.6 Å². The molecule has 5 nitrogen and oxygen atoms in total. The third-order valence-electron chi connectivity index (χ3n) is 5.58. The molecule has 1 unspecified atom stereocenters. The van der Waals surface area contributed by atoms with E-state index in [9.17, 15) is 9.90 Å². The molecule has 0 saturated carbocycles. The molecule has 1 aromatic heterocycles. The first-order chi connectivity index (χ1) is 16.1. The second-order valence-corrected chi connectivity index (χ2v) is 10.4. The van der Waals surface area contributed by atoms with Gasteiger partial charge in [0, 0.05) is 42.3 Å². The van der Waals surface area contributed by atoms with Crippen LogP contribution in [0, 0.1) is 5.92 Å². The fourth-order valence-electron chi connectivity index (χ4n) is 3.87. The van der Waals surface area contributed by atoms with Gasteiger partial charge in [0.2, 0.25) is 0 Å². The number of fused-ring (bicyclic) bond motifs is 1. The number of hydrogen-bond donors (Lipinski definition) is 3. The van der Waals surface area contributed by atoms with Gasteiger partial charge in [0.1, 0.15) is 13.6 Å². The van der Waals surface area contributed by atoms with Gasteiger partial charge in [0.15, 0.2) is 0 Å².